The number of nitrogens with zero attached hydrogens (tertiary/aromatic N) is 3. The molecule has 5 rings (SSSR count). The summed E-state index contributed by atoms with van der Waals surface area (Å²) in [4.78, 5) is 26.0. The number of amides is 1. The Hall–Kier alpha value is -4.01. The minimum Gasteiger partial charge on any atom is -0.349 e. The largest absolute Gasteiger partial charge is 0.417 e. The molecule has 0 unspecified atom stereocenters. The summed E-state index contributed by atoms with van der Waals surface area (Å²) in [5.74, 6) is -0.205. The van der Waals surface area contributed by atoms with Gasteiger partial charge in [-0.15, -0.1) is 5.10 Å². The van der Waals surface area contributed by atoms with Crippen LogP contribution in [0.4, 0.5) is 13.2 Å². The Labute approximate surface area is 198 Å². The van der Waals surface area contributed by atoms with Gasteiger partial charge in [-0.25, -0.2) is 0 Å². The fourth-order valence-electron chi connectivity index (χ4n) is 4.21. The average Bonchev–Trinajstić information content (AvgIpc) is 3.65. The molecular formula is C26H21F3N4O2. The van der Waals surface area contributed by atoms with Crippen LogP contribution in [-0.2, 0) is 13.2 Å². The number of nitrogens with one attached hydrogen (secondary N) is 1. The molecule has 2 aromatic heterocycles. The van der Waals surface area contributed by atoms with E-state index < -0.39 is 17.3 Å². The fourth-order valence-corrected chi connectivity index (χ4v) is 4.21. The van der Waals surface area contributed by atoms with Gasteiger partial charge in [0.2, 0.25) is 0 Å². The highest BCUT2D eigenvalue weighted by Gasteiger charge is 2.34. The van der Waals surface area contributed by atoms with E-state index in [4.69, 9.17) is 0 Å². The van der Waals surface area contributed by atoms with Crippen molar-refractivity contribution in [1.29, 1.82) is 0 Å². The first kappa shape index (κ1) is 22.8. The standard InChI is InChI=1S/C26H21F3N4O2/c1-14-7-8-15(24(34)31-17-9-10-17)11-19(14)20-12-16-13-30-32-22(23(16)33(2)25(20)35)18-5-3-4-6-21(18)26(27,28)29/h3-8,11-13,17H,9-10H2,1-2H3,(H,31,34). The summed E-state index contributed by atoms with van der Waals surface area (Å²) in [6.45, 7) is 1.83. The molecule has 35 heavy (non-hydrogen) atoms. The number of benzene rings is 2. The molecule has 1 fully saturated rings. The molecule has 2 heterocycles. The Morgan fingerprint density at radius 1 is 1.06 bits per heavy atom. The second-order valence-electron chi connectivity index (χ2n) is 8.74. The summed E-state index contributed by atoms with van der Waals surface area (Å²) in [6.07, 6.45) is -1.28. The molecule has 1 N–H and O–H groups in total. The highest BCUT2D eigenvalue weighted by molar-refractivity contribution is 5.97. The van der Waals surface area contributed by atoms with Crippen molar-refractivity contribution < 1.29 is 18.0 Å². The Kier molecular flexibility index (Phi) is 5.42. The number of rotatable bonds is 4. The first-order valence-electron chi connectivity index (χ1n) is 11.1. The van der Waals surface area contributed by atoms with Crippen molar-refractivity contribution >= 4 is 16.8 Å². The molecule has 0 atom stereocenters. The molecule has 4 aromatic rings. The fraction of sp³-hybridized carbons (Fsp3) is 0.231. The lowest BCUT2D eigenvalue weighted by molar-refractivity contribution is -0.137. The van der Waals surface area contributed by atoms with E-state index in [-0.39, 0.29) is 28.7 Å². The third-order valence-corrected chi connectivity index (χ3v) is 6.21. The maximum atomic E-state index is 13.7. The van der Waals surface area contributed by atoms with Gasteiger partial charge in [-0.1, -0.05) is 24.3 Å². The zero-order valence-electron chi connectivity index (χ0n) is 19.0. The van der Waals surface area contributed by atoms with Crippen LogP contribution >= 0.6 is 0 Å². The van der Waals surface area contributed by atoms with E-state index in [1.54, 1.807) is 24.3 Å². The Balaban J connectivity index is 1.69. The molecule has 0 radical (unpaired) electrons. The lowest BCUT2D eigenvalue weighted by atomic mass is 9.96. The highest BCUT2D eigenvalue weighted by Crippen LogP contribution is 2.38. The molecule has 1 amide bonds. The number of halogens is 3. The van der Waals surface area contributed by atoms with E-state index in [1.807, 2.05) is 6.92 Å². The third kappa shape index (κ3) is 4.18. The molecule has 1 aliphatic rings. The van der Waals surface area contributed by atoms with E-state index in [0.717, 1.165) is 24.5 Å². The number of aromatic nitrogens is 3. The lowest BCUT2D eigenvalue weighted by Crippen LogP contribution is -2.25. The number of carbonyl (C=O) groups excluding carboxylic acids is 1. The van der Waals surface area contributed by atoms with Crippen molar-refractivity contribution in [3.05, 3.63) is 81.8 Å². The number of carbonyl (C=O) groups is 1. The number of alkyl halides is 3. The smallest absolute Gasteiger partial charge is 0.349 e. The van der Waals surface area contributed by atoms with E-state index in [9.17, 15) is 22.8 Å². The van der Waals surface area contributed by atoms with Crippen LogP contribution in [0, 0.1) is 6.92 Å². The van der Waals surface area contributed by atoms with Crippen LogP contribution in [0.5, 0.6) is 0 Å². The van der Waals surface area contributed by atoms with Gasteiger partial charge in [-0.2, -0.15) is 18.3 Å². The van der Waals surface area contributed by atoms with E-state index >= 15 is 0 Å². The van der Waals surface area contributed by atoms with E-state index in [1.165, 1.54) is 36.0 Å². The molecule has 0 aliphatic heterocycles. The third-order valence-electron chi connectivity index (χ3n) is 6.21. The quantitative estimate of drug-likeness (QED) is 0.454. The monoisotopic (exact) mass is 478 g/mol. The molecule has 0 saturated heterocycles. The molecule has 1 aliphatic carbocycles. The molecule has 6 nitrogen and oxygen atoms in total. The van der Waals surface area contributed by atoms with Crippen molar-refractivity contribution in [3.8, 4) is 22.4 Å². The molecule has 178 valence electrons. The maximum absolute atomic E-state index is 13.7. The van der Waals surface area contributed by atoms with Gasteiger partial charge in [0, 0.05) is 35.2 Å². The van der Waals surface area contributed by atoms with Crippen molar-refractivity contribution in [2.75, 3.05) is 0 Å². The molecule has 2 aromatic carbocycles. The van der Waals surface area contributed by atoms with Crippen LogP contribution in [0.25, 0.3) is 33.3 Å². The maximum Gasteiger partial charge on any atom is 0.417 e. The Bertz CT molecular complexity index is 1540. The summed E-state index contributed by atoms with van der Waals surface area (Å²) in [5, 5.41) is 11.3. The van der Waals surface area contributed by atoms with Crippen LogP contribution in [0.1, 0.15) is 34.3 Å². The van der Waals surface area contributed by atoms with E-state index in [2.05, 4.69) is 15.5 Å². The topological polar surface area (TPSA) is 76.9 Å². The number of fused-ring (bicyclic) bond motifs is 1. The number of hydrogen-bond acceptors (Lipinski definition) is 4. The van der Waals surface area contributed by atoms with Gasteiger partial charge < -0.3 is 9.88 Å². The highest BCUT2D eigenvalue weighted by atomic mass is 19.4. The first-order valence-corrected chi connectivity index (χ1v) is 11.1. The van der Waals surface area contributed by atoms with Crippen LogP contribution in [0.2, 0.25) is 0 Å². The molecule has 0 bridgehead atoms. The van der Waals surface area contributed by atoms with Gasteiger partial charge in [0.05, 0.1) is 17.3 Å². The van der Waals surface area contributed by atoms with Crippen molar-refractivity contribution in [2.24, 2.45) is 7.05 Å². The molecule has 1 saturated carbocycles. The van der Waals surface area contributed by atoms with Crippen LogP contribution in [0.15, 0.2) is 59.5 Å². The van der Waals surface area contributed by atoms with Crippen molar-refractivity contribution in [2.45, 2.75) is 32.0 Å². The summed E-state index contributed by atoms with van der Waals surface area (Å²) < 4.78 is 42.3. The van der Waals surface area contributed by atoms with Gasteiger partial charge >= 0.3 is 6.18 Å². The van der Waals surface area contributed by atoms with Gasteiger partial charge in [0.15, 0.2) is 0 Å². The minimum absolute atomic E-state index is 0.0316. The van der Waals surface area contributed by atoms with Gasteiger partial charge in [0.1, 0.15) is 5.69 Å². The van der Waals surface area contributed by atoms with Gasteiger partial charge in [-0.3, -0.25) is 9.59 Å². The van der Waals surface area contributed by atoms with Gasteiger partial charge in [-0.05, 0) is 55.2 Å². The Morgan fingerprint density at radius 3 is 2.51 bits per heavy atom. The van der Waals surface area contributed by atoms with E-state index in [0.29, 0.717) is 22.1 Å². The summed E-state index contributed by atoms with van der Waals surface area (Å²) in [7, 11) is 1.49. The lowest BCUT2D eigenvalue weighted by Gasteiger charge is -2.16. The normalized spacial score (nSPS) is 13.7. The predicted molar refractivity (Wildman–Crippen MR) is 126 cm³/mol. The average molecular weight is 478 g/mol. The van der Waals surface area contributed by atoms with Crippen LogP contribution in [-0.4, -0.2) is 26.7 Å². The zero-order valence-corrected chi connectivity index (χ0v) is 19.0. The number of hydrogen-bond donors (Lipinski definition) is 1. The second kappa shape index (κ2) is 8.33. The molecule has 9 heteroatoms. The van der Waals surface area contributed by atoms with Gasteiger partial charge in [0.25, 0.3) is 11.5 Å². The SMILES string of the molecule is Cc1ccc(C(=O)NC2CC2)cc1-c1cc2cnnc(-c3ccccc3C(F)(F)F)c2n(C)c1=O. The van der Waals surface area contributed by atoms with Crippen LogP contribution < -0.4 is 10.9 Å². The van der Waals surface area contributed by atoms with Crippen LogP contribution in [0.3, 0.4) is 0 Å². The summed E-state index contributed by atoms with van der Waals surface area (Å²) in [6, 6.07) is 12.0. The predicted octanol–water partition coefficient (Wildman–Crippen LogP) is 4.88. The second-order valence-corrected chi connectivity index (χ2v) is 8.74. The van der Waals surface area contributed by atoms with Crippen molar-refractivity contribution in [1.82, 2.24) is 20.1 Å². The minimum atomic E-state index is -4.60. The Morgan fingerprint density at radius 2 is 1.80 bits per heavy atom. The summed E-state index contributed by atoms with van der Waals surface area (Å²) >= 11 is 0. The number of pyridine rings is 1. The summed E-state index contributed by atoms with van der Waals surface area (Å²) in [5.41, 5.74) is 0.896. The zero-order chi connectivity index (χ0) is 24.9. The van der Waals surface area contributed by atoms with Crippen molar-refractivity contribution in [3.63, 3.8) is 0 Å². The number of aryl methyl sites for hydroxylation is 2. The first-order chi connectivity index (χ1) is 16.6. The molecule has 0 spiro atoms. The molecular weight excluding hydrogens is 457 g/mol.